The van der Waals surface area contributed by atoms with E-state index in [4.69, 9.17) is 15.0 Å². The second kappa shape index (κ2) is 13.3. The molecule has 6 aromatic carbocycles. The zero-order valence-corrected chi connectivity index (χ0v) is 30.2. The van der Waals surface area contributed by atoms with E-state index >= 15 is 0 Å². The van der Waals surface area contributed by atoms with Gasteiger partial charge in [0.2, 0.25) is 0 Å². The van der Waals surface area contributed by atoms with Gasteiger partial charge in [0.05, 0.1) is 11.6 Å². The van der Waals surface area contributed by atoms with Crippen LogP contribution in [0.3, 0.4) is 0 Å². The highest BCUT2D eigenvalue weighted by molar-refractivity contribution is 5.82. The molecule has 0 amide bonds. The highest BCUT2D eigenvalue weighted by Crippen LogP contribution is 2.60. The number of hydrogen-bond donors (Lipinski definition) is 0. The molecule has 0 saturated heterocycles. The third-order valence-corrected chi connectivity index (χ3v) is 12.3. The maximum atomic E-state index is 9.69. The summed E-state index contributed by atoms with van der Waals surface area (Å²) in [7, 11) is 0. The molecule has 7 aromatic rings. The van der Waals surface area contributed by atoms with Gasteiger partial charge >= 0.3 is 0 Å². The molecule has 260 valence electrons. The number of rotatable bonds is 7. The van der Waals surface area contributed by atoms with Crippen molar-refractivity contribution in [2.75, 3.05) is 0 Å². The average molecular weight is 697 g/mol. The van der Waals surface area contributed by atoms with Crippen molar-refractivity contribution in [3.8, 4) is 73.6 Å². The Labute approximate surface area is 317 Å². The van der Waals surface area contributed by atoms with Gasteiger partial charge in [0, 0.05) is 16.7 Å². The van der Waals surface area contributed by atoms with Crippen LogP contribution in [0.4, 0.5) is 0 Å². The molecule has 1 aromatic heterocycles. The molecule has 4 bridgehead atoms. The Morgan fingerprint density at radius 3 is 1.48 bits per heavy atom. The molecule has 1 heterocycles. The van der Waals surface area contributed by atoms with E-state index in [1.807, 2.05) is 48.5 Å². The molecule has 0 unspecified atom stereocenters. The van der Waals surface area contributed by atoms with E-state index in [2.05, 4.69) is 103 Å². The minimum atomic E-state index is 0.357. The van der Waals surface area contributed by atoms with Crippen molar-refractivity contribution >= 4 is 0 Å². The van der Waals surface area contributed by atoms with E-state index in [0.29, 0.717) is 28.5 Å². The molecular formula is C50H40N4. The molecule has 11 rings (SSSR count). The molecule has 0 radical (unpaired) electrons. The molecule has 4 aliphatic carbocycles. The lowest BCUT2D eigenvalue weighted by atomic mass is 9.48. The monoisotopic (exact) mass is 696 g/mol. The normalized spacial score (nSPS) is 21.1. The van der Waals surface area contributed by atoms with Gasteiger partial charge in [-0.25, -0.2) is 15.0 Å². The second-order valence-corrected chi connectivity index (χ2v) is 15.9. The van der Waals surface area contributed by atoms with Gasteiger partial charge in [0.1, 0.15) is 0 Å². The third kappa shape index (κ3) is 6.10. The first kappa shape index (κ1) is 32.5. The maximum Gasteiger partial charge on any atom is 0.164 e. The maximum absolute atomic E-state index is 9.69. The lowest BCUT2D eigenvalue weighted by Crippen LogP contribution is -2.48. The summed E-state index contributed by atoms with van der Waals surface area (Å²) in [4.78, 5) is 15.1. The topological polar surface area (TPSA) is 62.5 Å². The standard InChI is InChI=1S/C50H40N4/c51-32-33-9-7-16-42(24-33)48-52-47(39-12-5-2-6-13-39)53-49(54-48)45-27-43(26-44(28-45)41-15-8-14-40(25-41)37-10-3-1-4-11-37)38-17-19-46(20-18-38)50-29-34-21-35(30-50)23-36(22-34)31-50/h1-20,24-28,34-36H,21-23,29-31H2. The molecule has 0 atom stereocenters. The van der Waals surface area contributed by atoms with Gasteiger partial charge in [0.25, 0.3) is 0 Å². The Bertz CT molecular complexity index is 2500. The number of nitrogens with zero attached hydrogens (tertiary/aromatic N) is 4. The number of hydrogen-bond acceptors (Lipinski definition) is 4. The molecular weight excluding hydrogens is 657 g/mol. The van der Waals surface area contributed by atoms with Gasteiger partial charge in [-0.3, -0.25) is 0 Å². The molecule has 4 nitrogen and oxygen atoms in total. The summed E-state index contributed by atoms with van der Waals surface area (Å²) in [6.45, 7) is 0. The fraction of sp³-hybridized carbons (Fsp3) is 0.200. The first-order chi connectivity index (χ1) is 26.6. The van der Waals surface area contributed by atoms with Gasteiger partial charge in [-0.05, 0) is 137 Å². The minimum absolute atomic E-state index is 0.357. The van der Waals surface area contributed by atoms with E-state index in [1.165, 1.54) is 60.8 Å². The van der Waals surface area contributed by atoms with Crippen LogP contribution in [0, 0.1) is 29.1 Å². The average Bonchev–Trinajstić information content (AvgIpc) is 3.23. The molecule has 4 aliphatic rings. The van der Waals surface area contributed by atoms with Crippen LogP contribution < -0.4 is 0 Å². The summed E-state index contributed by atoms with van der Waals surface area (Å²) < 4.78 is 0. The van der Waals surface area contributed by atoms with Crippen LogP contribution in [0.2, 0.25) is 0 Å². The third-order valence-electron chi connectivity index (χ3n) is 12.3. The Kier molecular flexibility index (Phi) is 8.02. The van der Waals surface area contributed by atoms with Gasteiger partial charge in [0.15, 0.2) is 17.5 Å². The highest BCUT2D eigenvalue weighted by Gasteiger charge is 2.51. The summed E-state index contributed by atoms with van der Waals surface area (Å²) in [5.74, 6) is 4.46. The molecule has 0 spiro atoms. The SMILES string of the molecule is N#Cc1cccc(-c2nc(-c3ccccc3)nc(-c3cc(-c4ccc(C56CC7CC(CC(C7)C5)C6)cc4)cc(-c4cccc(-c5ccccc5)c4)c3)n2)c1. The largest absolute Gasteiger partial charge is 0.208 e. The van der Waals surface area contributed by atoms with E-state index < -0.39 is 0 Å². The summed E-state index contributed by atoms with van der Waals surface area (Å²) in [6.07, 6.45) is 8.43. The van der Waals surface area contributed by atoms with Gasteiger partial charge in [-0.1, -0.05) is 115 Å². The minimum Gasteiger partial charge on any atom is -0.208 e. The number of benzene rings is 6. The number of nitriles is 1. The van der Waals surface area contributed by atoms with Crippen molar-refractivity contribution < 1.29 is 0 Å². The molecule has 0 N–H and O–H groups in total. The van der Waals surface area contributed by atoms with E-state index in [1.54, 1.807) is 6.07 Å². The Hall–Kier alpha value is -6.18. The Balaban J connectivity index is 1.12. The van der Waals surface area contributed by atoms with Gasteiger partial charge in [-0.15, -0.1) is 0 Å². The zero-order chi connectivity index (χ0) is 36.1. The van der Waals surface area contributed by atoms with Gasteiger partial charge < -0.3 is 0 Å². The van der Waals surface area contributed by atoms with Crippen molar-refractivity contribution in [2.24, 2.45) is 17.8 Å². The second-order valence-electron chi connectivity index (χ2n) is 15.9. The fourth-order valence-electron chi connectivity index (χ4n) is 10.2. The summed E-state index contributed by atoms with van der Waals surface area (Å²) in [6, 6.07) is 55.4. The highest BCUT2D eigenvalue weighted by atomic mass is 15.0. The lowest BCUT2D eigenvalue weighted by Gasteiger charge is -2.57. The summed E-state index contributed by atoms with van der Waals surface area (Å²) in [5, 5.41) is 9.69. The Morgan fingerprint density at radius 1 is 0.407 bits per heavy atom. The first-order valence-corrected chi connectivity index (χ1v) is 19.3. The van der Waals surface area contributed by atoms with Crippen molar-refractivity contribution in [1.29, 1.82) is 5.26 Å². The van der Waals surface area contributed by atoms with E-state index in [-0.39, 0.29) is 0 Å². The molecule has 4 saturated carbocycles. The predicted octanol–water partition coefficient (Wildman–Crippen LogP) is 12.2. The fourth-order valence-corrected chi connectivity index (χ4v) is 10.2. The van der Waals surface area contributed by atoms with Crippen molar-refractivity contribution in [1.82, 2.24) is 15.0 Å². The number of aromatic nitrogens is 3. The smallest absolute Gasteiger partial charge is 0.164 e. The van der Waals surface area contributed by atoms with E-state index in [0.717, 1.165) is 51.1 Å². The van der Waals surface area contributed by atoms with Crippen LogP contribution in [0.15, 0.2) is 152 Å². The van der Waals surface area contributed by atoms with Crippen LogP contribution in [0.25, 0.3) is 67.5 Å². The Morgan fingerprint density at radius 2 is 0.852 bits per heavy atom. The summed E-state index contributed by atoms with van der Waals surface area (Å²) >= 11 is 0. The van der Waals surface area contributed by atoms with Crippen LogP contribution in [0.1, 0.15) is 49.7 Å². The van der Waals surface area contributed by atoms with Gasteiger partial charge in [-0.2, -0.15) is 5.26 Å². The first-order valence-electron chi connectivity index (χ1n) is 19.3. The lowest BCUT2D eigenvalue weighted by molar-refractivity contribution is -0.00518. The molecule has 4 heteroatoms. The zero-order valence-electron chi connectivity index (χ0n) is 30.2. The van der Waals surface area contributed by atoms with Crippen LogP contribution in [-0.4, -0.2) is 15.0 Å². The molecule has 0 aliphatic heterocycles. The predicted molar refractivity (Wildman–Crippen MR) is 217 cm³/mol. The van der Waals surface area contributed by atoms with Crippen molar-refractivity contribution in [3.05, 3.63) is 163 Å². The van der Waals surface area contributed by atoms with E-state index in [9.17, 15) is 5.26 Å². The van der Waals surface area contributed by atoms with Crippen LogP contribution in [0.5, 0.6) is 0 Å². The van der Waals surface area contributed by atoms with Crippen LogP contribution >= 0.6 is 0 Å². The summed E-state index contributed by atoms with van der Waals surface area (Å²) in [5.41, 5.74) is 11.9. The molecule has 54 heavy (non-hydrogen) atoms. The molecule has 4 fully saturated rings. The van der Waals surface area contributed by atoms with Crippen molar-refractivity contribution in [2.45, 2.75) is 43.9 Å². The van der Waals surface area contributed by atoms with Crippen LogP contribution in [-0.2, 0) is 5.41 Å². The van der Waals surface area contributed by atoms with Crippen molar-refractivity contribution in [3.63, 3.8) is 0 Å². The quantitative estimate of drug-likeness (QED) is 0.166.